The molecule has 0 aliphatic heterocycles. The Labute approximate surface area is 123 Å². The lowest BCUT2D eigenvalue weighted by atomic mass is 9.98. The van der Waals surface area contributed by atoms with Crippen molar-refractivity contribution in [1.82, 2.24) is 4.98 Å². The highest BCUT2D eigenvalue weighted by Crippen LogP contribution is 2.33. The fourth-order valence-electron chi connectivity index (χ4n) is 2.50. The molecule has 0 spiro atoms. The van der Waals surface area contributed by atoms with E-state index < -0.39 is 6.10 Å². The number of fused-ring (bicyclic) bond motifs is 1. The van der Waals surface area contributed by atoms with Gasteiger partial charge in [-0.25, -0.2) is 0 Å². The lowest BCUT2D eigenvalue weighted by molar-refractivity contribution is 0.199. The second-order valence-corrected chi connectivity index (χ2v) is 5.01. The molecule has 2 aromatic carbocycles. The van der Waals surface area contributed by atoms with Crippen LogP contribution in [0, 0.1) is 0 Å². The molecule has 1 aromatic heterocycles. The molecular formula is C18H17NO2. The molecule has 21 heavy (non-hydrogen) atoms. The first-order valence-corrected chi connectivity index (χ1v) is 6.91. The third-order valence-corrected chi connectivity index (χ3v) is 3.66. The molecule has 1 unspecified atom stereocenters. The summed E-state index contributed by atoms with van der Waals surface area (Å²) in [5.41, 5.74) is 3.97. The summed E-state index contributed by atoms with van der Waals surface area (Å²) in [6.07, 6.45) is 1.32. The van der Waals surface area contributed by atoms with Crippen LogP contribution < -0.4 is 4.74 Å². The molecule has 3 heteroatoms. The van der Waals surface area contributed by atoms with E-state index in [0.29, 0.717) is 0 Å². The first-order chi connectivity index (χ1) is 10.2. The van der Waals surface area contributed by atoms with Gasteiger partial charge in [0, 0.05) is 11.6 Å². The molecule has 0 amide bonds. The lowest BCUT2D eigenvalue weighted by Crippen LogP contribution is -1.92. The van der Waals surface area contributed by atoms with Crippen molar-refractivity contribution in [3.05, 3.63) is 60.3 Å². The molecule has 106 valence electrons. The number of ether oxygens (including phenoxy) is 1. The van der Waals surface area contributed by atoms with Gasteiger partial charge in [0.25, 0.3) is 0 Å². The summed E-state index contributed by atoms with van der Waals surface area (Å²) >= 11 is 0. The third-order valence-electron chi connectivity index (χ3n) is 3.66. The van der Waals surface area contributed by atoms with Gasteiger partial charge < -0.3 is 9.84 Å². The van der Waals surface area contributed by atoms with E-state index >= 15 is 0 Å². The zero-order valence-corrected chi connectivity index (χ0v) is 12.1. The Balaban J connectivity index is 2.16. The largest absolute Gasteiger partial charge is 0.494 e. The van der Waals surface area contributed by atoms with Crippen LogP contribution in [0.4, 0.5) is 0 Å². The fourth-order valence-corrected chi connectivity index (χ4v) is 2.50. The first-order valence-electron chi connectivity index (χ1n) is 6.91. The molecule has 3 nitrogen and oxygen atoms in total. The van der Waals surface area contributed by atoms with Crippen LogP contribution in [-0.2, 0) is 0 Å². The molecule has 3 aromatic rings. The number of benzene rings is 2. The quantitative estimate of drug-likeness (QED) is 0.789. The van der Waals surface area contributed by atoms with Crippen molar-refractivity contribution in [1.29, 1.82) is 0 Å². The maximum Gasteiger partial charge on any atom is 0.145 e. The van der Waals surface area contributed by atoms with Gasteiger partial charge in [-0.2, -0.15) is 0 Å². The van der Waals surface area contributed by atoms with Crippen molar-refractivity contribution in [2.75, 3.05) is 7.11 Å². The number of aliphatic hydroxyl groups is 1. The summed E-state index contributed by atoms with van der Waals surface area (Å²) in [6.45, 7) is 1.77. The van der Waals surface area contributed by atoms with Crippen molar-refractivity contribution < 1.29 is 9.84 Å². The van der Waals surface area contributed by atoms with Gasteiger partial charge >= 0.3 is 0 Å². The number of rotatable bonds is 3. The van der Waals surface area contributed by atoms with Gasteiger partial charge in [0.05, 0.1) is 13.2 Å². The van der Waals surface area contributed by atoms with Crippen molar-refractivity contribution in [3.63, 3.8) is 0 Å². The van der Waals surface area contributed by atoms with Gasteiger partial charge in [-0.15, -0.1) is 0 Å². The predicted molar refractivity (Wildman–Crippen MR) is 84.4 cm³/mol. The van der Waals surface area contributed by atoms with Crippen LogP contribution >= 0.6 is 0 Å². The van der Waals surface area contributed by atoms with E-state index in [2.05, 4.69) is 4.98 Å². The van der Waals surface area contributed by atoms with Gasteiger partial charge in [0.2, 0.25) is 0 Å². The number of aliphatic hydroxyl groups excluding tert-OH is 1. The minimum absolute atomic E-state index is 0.451. The predicted octanol–water partition coefficient (Wildman–Crippen LogP) is 3.96. The SMILES string of the molecule is COc1ccc(-c2ccc(C(C)O)cc2)c2cccnc12. The Hall–Kier alpha value is -2.39. The second kappa shape index (κ2) is 5.54. The van der Waals surface area contributed by atoms with Gasteiger partial charge in [0.15, 0.2) is 0 Å². The molecule has 0 saturated carbocycles. The van der Waals surface area contributed by atoms with Crippen molar-refractivity contribution in [3.8, 4) is 16.9 Å². The van der Waals surface area contributed by atoms with Crippen molar-refractivity contribution in [2.45, 2.75) is 13.0 Å². The molecule has 1 atom stereocenters. The number of nitrogens with zero attached hydrogens (tertiary/aromatic N) is 1. The molecule has 0 bridgehead atoms. The van der Waals surface area contributed by atoms with E-state index in [1.165, 1.54) is 0 Å². The maximum atomic E-state index is 9.60. The van der Waals surface area contributed by atoms with E-state index in [-0.39, 0.29) is 0 Å². The van der Waals surface area contributed by atoms with Gasteiger partial charge in [-0.3, -0.25) is 4.98 Å². The van der Waals surface area contributed by atoms with E-state index in [4.69, 9.17) is 4.74 Å². The summed E-state index contributed by atoms with van der Waals surface area (Å²) in [5.74, 6) is 0.773. The van der Waals surface area contributed by atoms with E-state index in [9.17, 15) is 5.11 Å². The average Bonchev–Trinajstić information content (AvgIpc) is 2.54. The molecular weight excluding hydrogens is 262 g/mol. The molecule has 0 radical (unpaired) electrons. The highest BCUT2D eigenvalue weighted by atomic mass is 16.5. The first kappa shape index (κ1) is 13.6. The minimum atomic E-state index is -0.451. The molecule has 3 rings (SSSR count). The smallest absolute Gasteiger partial charge is 0.145 e. The summed E-state index contributed by atoms with van der Waals surface area (Å²) in [5, 5.41) is 10.7. The van der Waals surface area contributed by atoms with Crippen LogP contribution in [0.25, 0.3) is 22.0 Å². The molecule has 1 N–H and O–H groups in total. The Morgan fingerprint density at radius 2 is 1.81 bits per heavy atom. The third kappa shape index (κ3) is 2.48. The Morgan fingerprint density at radius 1 is 1.05 bits per heavy atom. The number of methoxy groups -OCH3 is 1. The lowest BCUT2D eigenvalue weighted by Gasteiger charge is -2.11. The highest BCUT2D eigenvalue weighted by Gasteiger charge is 2.09. The van der Waals surface area contributed by atoms with Gasteiger partial charge in [-0.1, -0.05) is 30.3 Å². The van der Waals surface area contributed by atoms with Crippen molar-refractivity contribution in [2.24, 2.45) is 0 Å². The number of aromatic nitrogens is 1. The summed E-state index contributed by atoms with van der Waals surface area (Å²) in [4.78, 5) is 4.42. The number of pyridine rings is 1. The molecule has 0 saturated heterocycles. The van der Waals surface area contributed by atoms with E-state index in [1.807, 2.05) is 48.5 Å². The van der Waals surface area contributed by atoms with Crippen LogP contribution in [-0.4, -0.2) is 17.2 Å². The van der Waals surface area contributed by atoms with Crippen LogP contribution in [0.1, 0.15) is 18.6 Å². The van der Waals surface area contributed by atoms with E-state index in [0.717, 1.165) is 33.3 Å². The van der Waals surface area contributed by atoms with Crippen LogP contribution in [0.5, 0.6) is 5.75 Å². The van der Waals surface area contributed by atoms with Crippen molar-refractivity contribution >= 4 is 10.9 Å². The molecule has 0 fully saturated rings. The summed E-state index contributed by atoms with van der Waals surface area (Å²) in [6, 6.07) is 15.9. The van der Waals surface area contributed by atoms with Gasteiger partial charge in [0.1, 0.15) is 11.3 Å². The number of hydrogen-bond donors (Lipinski definition) is 1. The molecule has 0 aliphatic carbocycles. The number of hydrogen-bond acceptors (Lipinski definition) is 3. The Morgan fingerprint density at radius 3 is 2.48 bits per heavy atom. The fraction of sp³-hybridized carbons (Fsp3) is 0.167. The van der Waals surface area contributed by atoms with Gasteiger partial charge in [-0.05, 0) is 41.8 Å². The topological polar surface area (TPSA) is 42.4 Å². The Kier molecular flexibility index (Phi) is 3.59. The monoisotopic (exact) mass is 279 g/mol. The van der Waals surface area contributed by atoms with Crippen LogP contribution in [0.15, 0.2) is 54.7 Å². The zero-order valence-electron chi connectivity index (χ0n) is 12.1. The second-order valence-electron chi connectivity index (χ2n) is 5.01. The van der Waals surface area contributed by atoms with E-state index in [1.54, 1.807) is 20.2 Å². The zero-order chi connectivity index (χ0) is 14.8. The summed E-state index contributed by atoms with van der Waals surface area (Å²) < 4.78 is 5.37. The standard InChI is InChI=1S/C18H17NO2/c1-12(20)13-5-7-14(8-6-13)15-9-10-17(21-2)18-16(15)4-3-11-19-18/h3-12,20H,1-2H3. The van der Waals surface area contributed by atoms with Crippen LogP contribution in [0.3, 0.4) is 0 Å². The normalized spacial score (nSPS) is 12.3. The highest BCUT2D eigenvalue weighted by molar-refractivity contribution is 5.97. The molecule has 1 heterocycles. The minimum Gasteiger partial charge on any atom is -0.494 e. The Bertz CT molecular complexity index is 764. The van der Waals surface area contributed by atoms with Crippen LogP contribution in [0.2, 0.25) is 0 Å². The molecule has 0 aliphatic rings. The average molecular weight is 279 g/mol. The maximum absolute atomic E-state index is 9.60. The summed E-state index contributed by atoms with van der Waals surface area (Å²) in [7, 11) is 1.65.